The van der Waals surface area contributed by atoms with Gasteiger partial charge in [-0.1, -0.05) is 41.9 Å². The van der Waals surface area contributed by atoms with Gasteiger partial charge in [0.15, 0.2) is 0 Å². The van der Waals surface area contributed by atoms with Gasteiger partial charge in [-0.3, -0.25) is 9.78 Å². The molecule has 4 aromatic rings. The highest BCUT2D eigenvalue weighted by Crippen LogP contribution is 2.20. The number of aromatic nitrogens is 5. The summed E-state index contributed by atoms with van der Waals surface area (Å²) in [6, 6.07) is 15.0. The number of H-pyrrole nitrogens is 1. The molecule has 3 heterocycles. The highest BCUT2D eigenvalue weighted by Gasteiger charge is 2.07. The molecule has 0 radical (unpaired) electrons. The van der Waals surface area contributed by atoms with Gasteiger partial charge in [0.2, 0.25) is 0 Å². The second kappa shape index (κ2) is 8.02. The molecule has 0 atom stereocenters. The molecule has 0 aliphatic heterocycles. The van der Waals surface area contributed by atoms with Crippen molar-refractivity contribution in [3.63, 3.8) is 0 Å². The maximum atomic E-state index is 12.0. The number of halogens is 1. The average Bonchev–Trinajstić information content (AvgIpc) is 3.07. The molecule has 1 aromatic carbocycles. The zero-order valence-corrected chi connectivity index (χ0v) is 15.5. The van der Waals surface area contributed by atoms with Crippen LogP contribution < -0.4 is 5.56 Å². The quantitative estimate of drug-likeness (QED) is 0.561. The highest BCUT2D eigenvalue weighted by atomic mass is 35.5. The van der Waals surface area contributed by atoms with Crippen LogP contribution in [0.4, 0.5) is 0 Å². The number of nitrogens with zero attached hydrogens (tertiary/aromatic N) is 4. The number of rotatable bonds is 5. The van der Waals surface area contributed by atoms with E-state index in [1.807, 2.05) is 30.3 Å². The Labute approximate surface area is 166 Å². The normalized spacial score (nSPS) is 11.2. The first-order chi connectivity index (χ1) is 13.7. The summed E-state index contributed by atoms with van der Waals surface area (Å²) in [4.78, 5) is 23.2. The minimum atomic E-state index is -0.229. The summed E-state index contributed by atoms with van der Waals surface area (Å²) < 4.78 is 1.73. The molecule has 0 aliphatic carbocycles. The van der Waals surface area contributed by atoms with Crippen LogP contribution in [0.5, 0.6) is 0 Å². The summed E-state index contributed by atoms with van der Waals surface area (Å²) in [5.74, 6) is 0.486. The van der Waals surface area contributed by atoms with E-state index in [1.165, 1.54) is 6.07 Å². The van der Waals surface area contributed by atoms with E-state index in [0.717, 1.165) is 16.7 Å². The molecule has 3 aromatic heterocycles. The van der Waals surface area contributed by atoms with E-state index in [0.29, 0.717) is 23.2 Å². The number of aromatic amines is 1. The van der Waals surface area contributed by atoms with Gasteiger partial charge in [-0.25, -0.2) is 9.67 Å². The molecule has 0 bridgehead atoms. The van der Waals surface area contributed by atoms with Gasteiger partial charge in [0, 0.05) is 29.6 Å². The molecule has 7 heteroatoms. The molecule has 28 heavy (non-hydrogen) atoms. The lowest BCUT2D eigenvalue weighted by Gasteiger charge is -2.03. The summed E-state index contributed by atoms with van der Waals surface area (Å²) in [6.45, 7) is 0.586. The molecule has 138 valence electrons. The minimum Gasteiger partial charge on any atom is -0.306 e. The molecule has 0 amide bonds. The molecular formula is C21H16ClN5O. The summed E-state index contributed by atoms with van der Waals surface area (Å²) in [5, 5.41) is 4.87. The van der Waals surface area contributed by atoms with Crippen molar-refractivity contribution in [1.82, 2.24) is 24.7 Å². The van der Waals surface area contributed by atoms with E-state index in [9.17, 15) is 4.79 Å². The van der Waals surface area contributed by atoms with Gasteiger partial charge in [-0.05, 0) is 29.8 Å². The fourth-order valence-electron chi connectivity index (χ4n) is 2.75. The molecule has 0 unspecified atom stereocenters. The second-order valence-electron chi connectivity index (χ2n) is 6.12. The van der Waals surface area contributed by atoms with Crippen LogP contribution in [0, 0.1) is 0 Å². The minimum absolute atomic E-state index is 0.229. The molecule has 0 saturated carbocycles. The molecular weight excluding hydrogens is 374 g/mol. The lowest BCUT2D eigenvalue weighted by atomic mass is 10.2. The Kier molecular flexibility index (Phi) is 5.12. The maximum absolute atomic E-state index is 12.0. The Morgan fingerprint density at radius 3 is 2.64 bits per heavy atom. The van der Waals surface area contributed by atoms with Crippen LogP contribution >= 0.6 is 11.6 Å². The third-order valence-electron chi connectivity index (χ3n) is 4.13. The number of pyridine rings is 1. The van der Waals surface area contributed by atoms with E-state index in [1.54, 1.807) is 47.6 Å². The summed E-state index contributed by atoms with van der Waals surface area (Å²) in [6.07, 6.45) is 8.54. The van der Waals surface area contributed by atoms with Gasteiger partial charge < -0.3 is 4.98 Å². The lowest BCUT2D eigenvalue weighted by molar-refractivity contribution is 0.688. The van der Waals surface area contributed by atoms with Gasteiger partial charge in [0.05, 0.1) is 18.4 Å². The van der Waals surface area contributed by atoms with E-state index in [4.69, 9.17) is 11.6 Å². The van der Waals surface area contributed by atoms with Crippen molar-refractivity contribution in [3.8, 4) is 11.4 Å². The second-order valence-corrected chi connectivity index (χ2v) is 6.48. The van der Waals surface area contributed by atoms with Crippen LogP contribution in [0.2, 0.25) is 5.15 Å². The fourth-order valence-corrected chi connectivity index (χ4v) is 2.96. The summed E-state index contributed by atoms with van der Waals surface area (Å²) in [7, 11) is 0. The first kappa shape index (κ1) is 17.9. The zero-order valence-electron chi connectivity index (χ0n) is 14.8. The summed E-state index contributed by atoms with van der Waals surface area (Å²) in [5.41, 5.74) is 2.96. The molecule has 1 N–H and O–H groups in total. The van der Waals surface area contributed by atoms with Gasteiger partial charge in [-0.2, -0.15) is 5.10 Å². The third-order valence-corrected chi connectivity index (χ3v) is 4.54. The Bertz CT molecular complexity index is 1170. The van der Waals surface area contributed by atoms with Crippen LogP contribution in [0.3, 0.4) is 0 Å². The largest absolute Gasteiger partial charge is 0.306 e. The van der Waals surface area contributed by atoms with Crippen LogP contribution in [0.1, 0.15) is 16.8 Å². The van der Waals surface area contributed by atoms with E-state index < -0.39 is 0 Å². The SMILES string of the molecule is O=c1cc(/C=C/c2cnn(Cc3ccccc3)c2Cl)nc(-c2ccncc2)[nH]1. The van der Waals surface area contributed by atoms with Crippen LogP contribution in [-0.4, -0.2) is 24.7 Å². The Morgan fingerprint density at radius 2 is 1.86 bits per heavy atom. The number of nitrogens with one attached hydrogen (secondary N) is 1. The predicted octanol–water partition coefficient (Wildman–Crippen LogP) is 3.90. The Balaban J connectivity index is 1.58. The first-order valence-electron chi connectivity index (χ1n) is 8.64. The monoisotopic (exact) mass is 389 g/mol. The molecule has 0 fully saturated rings. The summed E-state index contributed by atoms with van der Waals surface area (Å²) >= 11 is 6.45. The van der Waals surface area contributed by atoms with Gasteiger partial charge in [0.1, 0.15) is 11.0 Å². The zero-order chi connectivity index (χ0) is 19.3. The average molecular weight is 390 g/mol. The number of benzene rings is 1. The van der Waals surface area contributed by atoms with Gasteiger partial charge in [0.25, 0.3) is 5.56 Å². The van der Waals surface area contributed by atoms with Crippen molar-refractivity contribution in [2.45, 2.75) is 6.54 Å². The van der Waals surface area contributed by atoms with Crippen molar-refractivity contribution in [1.29, 1.82) is 0 Å². The van der Waals surface area contributed by atoms with E-state index in [2.05, 4.69) is 20.1 Å². The Morgan fingerprint density at radius 1 is 1.07 bits per heavy atom. The van der Waals surface area contributed by atoms with Crippen molar-refractivity contribution >= 4 is 23.8 Å². The van der Waals surface area contributed by atoms with Gasteiger partial charge in [-0.15, -0.1) is 0 Å². The molecule has 4 rings (SSSR count). The predicted molar refractivity (Wildman–Crippen MR) is 110 cm³/mol. The fraction of sp³-hybridized carbons (Fsp3) is 0.0476. The van der Waals surface area contributed by atoms with Crippen molar-refractivity contribution in [2.75, 3.05) is 0 Å². The maximum Gasteiger partial charge on any atom is 0.251 e. The van der Waals surface area contributed by atoms with E-state index >= 15 is 0 Å². The van der Waals surface area contributed by atoms with Crippen LogP contribution in [0.15, 0.2) is 71.9 Å². The first-order valence-corrected chi connectivity index (χ1v) is 9.02. The molecule has 0 saturated heterocycles. The molecule has 0 aliphatic rings. The number of hydrogen-bond donors (Lipinski definition) is 1. The third kappa shape index (κ3) is 4.07. The van der Waals surface area contributed by atoms with Crippen molar-refractivity contribution in [2.24, 2.45) is 0 Å². The van der Waals surface area contributed by atoms with Crippen molar-refractivity contribution in [3.05, 3.63) is 99.4 Å². The highest BCUT2D eigenvalue weighted by molar-refractivity contribution is 6.31. The van der Waals surface area contributed by atoms with Crippen LogP contribution in [0.25, 0.3) is 23.5 Å². The topological polar surface area (TPSA) is 76.5 Å². The van der Waals surface area contributed by atoms with Crippen LogP contribution in [-0.2, 0) is 6.54 Å². The molecule has 0 spiro atoms. The van der Waals surface area contributed by atoms with E-state index in [-0.39, 0.29) is 5.56 Å². The molecule has 6 nitrogen and oxygen atoms in total. The Hall–Kier alpha value is -3.51. The smallest absolute Gasteiger partial charge is 0.251 e. The van der Waals surface area contributed by atoms with Crippen molar-refractivity contribution < 1.29 is 0 Å². The standard InChI is InChI=1S/C21H16ClN5O/c22-20-17(13-24-27(20)14-15-4-2-1-3-5-15)6-7-18-12-19(28)26-21(25-18)16-8-10-23-11-9-16/h1-13H,14H2,(H,25,26,28)/b7-6+. The number of hydrogen-bond acceptors (Lipinski definition) is 4. The lowest BCUT2D eigenvalue weighted by Crippen LogP contribution is -2.08. The van der Waals surface area contributed by atoms with Gasteiger partial charge >= 0.3 is 0 Å².